The van der Waals surface area contributed by atoms with E-state index < -0.39 is 0 Å². The summed E-state index contributed by atoms with van der Waals surface area (Å²) in [6.07, 6.45) is 2.63. The molecule has 6 heteroatoms. The predicted molar refractivity (Wildman–Crippen MR) is 93.3 cm³/mol. The molecule has 0 saturated heterocycles. The Balaban J connectivity index is 2.02. The van der Waals surface area contributed by atoms with Gasteiger partial charge in [0.1, 0.15) is 11.5 Å². The normalized spacial score (nSPS) is 11.4. The van der Waals surface area contributed by atoms with Gasteiger partial charge in [0.05, 0.1) is 19.3 Å². The van der Waals surface area contributed by atoms with Crippen LogP contribution in [-0.4, -0.2) is 36.0 Å². The van der Waals surface area contributed by atoms with Gasteiger partial charge >= 0.3 is 0 Å². The summed E-state index contributed by atoms with van der Waals surface area (Å²) in [4.78, 5) is 9.24. The SMILES string of the molecule is CC(C)Cc1nc(-c2cnc(-c3ccccc3)n2C)n(CCO)n1. The first kappa shape index (κ1) is 16.4. The lowest BCUT2D eigenvalue weighted by molar-refractivity contribution is 0.269. The maximum absolute atomic E-state index is 9.32. The number of rotatable bonds is 6. The van der Waals surface area contributed by atoms with E-state index in [4.69, 9.17) is 0 Å². The fraction of sp³-hybridized carbons (Fsp3) is 0.389. The minimum absolute atomic E-state index is 0.0286. The molecular formula is C18H23N5O. The molecule has 1 N–H and O–H groups in total. The van der Waals surface area contributed by atoms with Crippen LogP contribution in [0.4, 0.5) is 0 Å². The molecule has 0 radical (unpaired) electrons. The summed E-state index contributed by atoms with van der Waals surface area (Å²) in [6, 6.07) is 10.1. The van der Waals surface area contributed by atoms with Crippen LogP contribution in [0.3, 0.4) is 0 Å². The van der Waals surface area contributed by atoms with Crippen molar-refractivity contribution in [1.29, 1.82) is 0 Å². The topological polar surface area (TPSA) is 68.8 Å². The number of hydrogen-bond donors (Lipinski definition) is 1. The first-order valence-corrected chi connectivity index (χ1v) is 8.22. The average Bonchev–Trinajstić information content (AvgIpc) is 3.11. The van der Waals surface area contributed by atoms with Crippen LogP contribution in [-0.2, 0) is 20.0 Å². The second kappa shape index (κ2) is 6.97. The van der Waals surface area contributed by atoms with Crippen LogP contribution in [0.2, 0.25) is 0 Å². The lowest BCUT2D eigenvalue weighted by Crippen LogP contribution is -2.08. The minimum Gasteiger partial charge on any atom is -0.394 e. The summed E-state index contributed by atoms with van der Waals surface area (Å²) in [5.41, 5.74) is 1.95. The van der Waals surface area contributed by atoms with Crippen LogP contribution in [0.5, 0.6) is 0 Å². The molecule has 0 aliphatic heterocycles. The van der Waals surface area contributed by atoms with Crippen LogP contribution in [0.15, 0.2) is 36.5 Å². The Kier molecular flexibility index (Phi) is 4.76. The monoisotopic (exact) mass is 325 g/mol. The molecule has 3 rings (SSSR count). The molecule has 0 saturated carbocycles. The molecule has 6 nitrogen and oxygen atoms in total. The van der Waals surface area contributed by atoms with Gasteiger partial charge in [-0.15, -0.1) is 0 Å². The van der Waals surface area contributed by atoms with Crippen LogP contribution >= 0.6 is 0 Å². The van der Waals surface area contributed by atoms with Crippen molar-refractivity contribution in [2.45, 2.75) is 26.8 Å². The van der Waals surface area contributed by atoms with Crippen LogP contribution < -0.4 is 0 Å². The van der Waals surface area contributed by atoms with Crippen molar-refractivity contribution in [2.24, 2.45) is 13.0 Å². The molecule has 2 heterocycles. The van der Waals surface area contributed by atoms with E-state index >= 15 is 0 Å². The van der Waals surface area contributed by atoms with E-state index in [1.807, 2.05) is 48.1 Å². The van der Waals surface area contributed by atoms with Gasteiger partial charge < -0.3 is 9.67 Å². The van der Waals surface area contributed by atoms with E-state index in [1.165, 1.54) is 0 Å². The summed E-state index contributed by atoms with van der Waals surface area (Å²) in [6.45, 7) is 4.74. The molecule has 0 bridgehead atoms. The van der Waals surface area contributed by atoms with Crippen molar-refractivity contribution in [1.82, 2.24) is 24.3 Å². The van der Waals surface area contributed by atoms with Crippen LogP contribution in [0.25, 0.3) is 22.9 Å². The molecule has 0 spiro atoms. The summed E-state index contributed by atoms with van der Waals surface area (Å²) >= 11 is 0. The van der Waals surface area contributed by atoms with Crippen molar-refractivity contribution in [3.8, 4) is 22.9 Å². The average molecular weight is 325 g/mol. The minimum atomic E-state index is 0.0286. The van der Waals surface area contributed by atoms with Gasteiger partial charge in [-0.3, -0.25) is 0 Å². The lowest BCUT2D eigenvalue weighted by Gasteiger charge is -2.07. The number of nitrogens with zero attached hydrogens (tertiary/aromatic N) is 5. The van der Waals surface area contributed by atoms with Crippen molar-refractivity contribution in [3.05, 3.63) is 42.4 Å². The van der Waals surface area contributed by atoms with Crippen molar-refractivity contribution in [2.75, 3.05) is 6.61 Å². The fourth-order valence-corrected chi connectivity index (χ4v) is 2.75. The first-order valence-electron chi connectivity index (χ1n) is 8.22. The Labute approximate surface area is 141 Å². The largest absolute Gasteiger partial charge is 0.394 e. The van der Waals surface area contributed by atoms with Crippen molar-refractivity contribution in [3.63, 3.8) is 0 Å². The predicted octanol–water partition coefficient (Wildman–Crippen LogP) is 2.54. The quantitative estimate of drug-likeness (QED) is 0.756. The molecular weight excluding hydrogens is 302 g/mol. The first-order chi connectivity index (χ1) is 11.6. The highest BCUT2D eigenvalue weighted by molar-refractivity contribution is 5.61. The van der Waals surface area contributed by atoms with Crippen molar-refractivity contribution >= 4 is 0 Å². The third-order valence-electron chi connectivity index (χ3n) is 3.87. The van der Waals surface area contributed by atoms with E-state index in [2.05, 4.69) is 28.9 Å². The smallest absolute Gasteiger partial charge is 0.176 e. The second-order valence-corrected chi connectivity index (χ2v) is 6.29. The molecule has 2 aromatic heterocycles. The molecule has 0 aliphatic rings. The summed E-state index contributed by atoms with van der Waals surface area (Å²) < 4.78 is 3.79. The second-order valence-electron chi connectivity index (χ2n) is 6.29. The van der Waals surface area contributed by atoms with E-state index in [-0.39, 0.29) is 6.61 Å². The standard InChI is InChI=1S/C18H23N5O/c1-13(2)11-16-20-18(23(21-16)9-10-24)15-12-19-17(22(15)3)14-7-5-4-6-8-14/h4-8,12-13,24H,9-11H2,1-3H3. The Morgan fingerprint density at radius 1 is 1.12 bits per heavy atom. The van der Waals surface area contributed by atoms with Gasteiger partial charge in [-0.05, 0) is 5.92 Å². The molecule has 126 valence electrons. The number of aliphatic hydroxyl groups excluding tert-OH is 1. The van der Waals surface area contributed by atoms with E-state index in [1.54, 1.807) is 4.68 Å². The number of aromatic nitrogens is 5. The zero-order valence-electron chi connectivity index (χ0n) is 14.3. The molecule has 24 heavy (non-hydrogen) atoms. The van der Waals surface area contributed by atoms with E-state index in [0.29, 0.717) is 12.5 Å². The molecule has 0 fully saturated rings. The Bertz CT molecular complexity index is 804. The van der Waals surface area contributed by atoms with Crippen LogP contribution in [0, 0.1) is 5.92 Å². The van der Waals surface area contributed by atoms with Gasteiger partial charge in [-0.25, -0.2) is 14.6 Å². The van der Waals surface area contributed by atoms with Gasteiger partial charge in [0.25, 0.3) is 0 Å². The van der Waals surface area contributed by atoms with Crippen LogP contribution in [0.1, 0.15) is 19.7 Å². The third kappa shape index (κ3) is 3.23. The summed E-state index contributed by atoms with van der Waals surface area (Å²) in [5.74, 6) is 2.91. The number of hydrogen-bond acceptors (Lipinski definition) is 4. The van der Waals surface area contributed by atoms with Gasteiger partial charge in [-0.2, -0.15) is 5.10 Å². The zero-order valence-corrected chi connectivity index (χ0v) is 14.3. The van der Waals surface area contributed by atoms with Gasteiger partial charge in [0.2, 0.25) is 0 Å². The number of aliphatic hydroxyl groups is 1. The van der Waals surface area contributed by atoms with Gasteiger partial charge in [-0.1, -0.05) is 44.2 Å². The Hall–Kier alpha value is -2.47. The highest BCUT2D eigenvalue weighted by atomic mass is 16.3. The van der Waals surface area contributed by atoms with E-state index in [0.717, 1.165) is 35.2 Å². The number of benzene rings is 1. The van der Waals surface area contributed by atoms with E-state index in [9.17, 15) is 5.11 Å². The highest BCUT2D eigenvalue weighted by Crippen LogP contribution is 2.24. The maximum Gasteiger partial charge on any atom is 0.176 e. The Morgan fingerprint density at radius 3 is 2.54 bits per heavy atom. The summed E-state index contributed by atoms with van der Waals surface area (Å²) in [7, 11) is 1.98. The molecule has 0 unspecified atom stereocenters. The lowest BCUT2D eigenvalue weighted by atomic mass is 10.1. The highest BCUT2D eigenvalue weighted by Gasteiger charge is 2.18. The van der Waals surface area contributed by atoms with Gasteiger partial charge in [0, 0.05) is 19.0 Å². The maximum atomic E-state index is 9.32. The zero-order chi connectivity index (χ0) is 17.1. The van der Waals surface area contributed by atoms with Crippen molar-refractivity contribution < 1.29 is 5.11 Å². The Morgan fingerprint density at radius 2 is 1.88 bits per heavy atom. The van der Waals surface area contributed by atoms with Gasteiger partial charge in [0.15, 0.2) is 11.6 Å². The molecule has 0 atom stereocenters. The molecule has 1 aromatic carbocycles. The fourth-order valence-electron chi connectivity index (χ4n) is 2.75. The molecule has 3 aromatic rings. The third-order valence-corrected chi connectivity index (χ3v) is 3.87. The summed E-state index contributed by atoms with van der Waals surface area (Å²) in [5, 5.41) is 13.9. The number of imidazole rings is 1. The molecule has 0 aliphatic carbocycles. The molecule has 0 amide bonds.